The fourth-order valence-corrected chi connectivity index (χ4v) is 4.82. The molecule has 3 rings (SSSR count). The molecule has 34 heavy (non-hydrogen) atoms. The SMILES string of the molecule is Cc1ccc(OCCNC(=O)CN(c2ccc(C)c(C)c2)S(=O)(=O)c2ccc(Cl)cc2)cc1C. The van der Waals surface area contributed by atoms with E-state index in [4.69, 9.17) is 16.3 Å². The standard InChI is InChI=1S/C26H29ClN2O4S/c1-18-5-9-23(15-20(18)3)29(34(31,32)25-11-7-22(27)8-12-25)17-26(30)28-13-14-33-24-10-6-19(2)21(4)16-24/h5-12,15-16H,13-14,17H2,1-4H3,(H,28,30). The maximum atomic E-state index is 13.4. The second-order valence-corrected chi connectivity index (χ2v) is 10.5. The number of benzene rings is 3. The number of hydrogen-bond acceptors (Lipinski definition) is 4. The maximum Gasteiger partial charge on any atom is 0.264 e. The summed E-state index contributed by atoms with van der Waals surface area (Å²) in [7, 11) is -4.00. The molecule has 0 aliphatic rings. The molecule has 0 bridgehead atoms. The Bertz CT molecular complexity index is 1270. The van der Waals surface area contributed by atoms with E-state index in [1.807, 2.05) is 52.0 Å². The molecule has 0 fully saturated rings. The number of carbonyl (C=O) groups excluding carboxylic acids is 1. The van der Waals surface area contributed by atoms with E-state index in [1.165, 1.54) is 29.8 Å². The molecule has 1 amide bonds. The Morgan fingerprint density at radius 2 is 1.50 bits per heavy atom. The van der Waals surface area contributed by atoms with Crippen molar-refractivity contribution >= 4 is 33.2 Å². The van der Waals surface area contributed by atoms with Crippen molar-refractivity contribution in [2.45, 2.75) is 32.6 Å². The highest BCUT2D eigenvalue weighted by molar-refractivity contribution is 7.92. The molecule has 3 aromatic rings. The molecule has 0 saturated carbocycles. The fraction of sp³-hybridized carbons (Fsp3) is 0.269. The van der Waals surface area contributed by atoms with E-state index in [1.54, 1.807) is 12.1 Å². The monoisotopic (exact) mass is 500 g/mol. The molecule has 0 aliphatic carbocycles. The largest absolute Gasteiger partial charge is 0.492 e. The lowest BCUT2D eigenvalue weighted by molar-refractivity contribution is -0.119. The van der Waals surface area contributed by atoms with Crippen molar-refractivity contribution in [3.8, 4) is 5.75 Å². The fourth-order valence-electron chi connectivity index (χ4n) is 3.28. The summed E-state index contributed by atoms with van der Waals surface area (Å²) in [4.78, 5) is 12.8. The molecule has 0 heterocycles. The molecule has 6 nitrogen and oxygen atoms in total. The van der Waals surface area contributed by atoms with Crippen LogP contribution in [0.15, 0.2) is 65.6 Å². The van der Waals surface area contributed by atoms with Gasteiger partial charge in [0.25, 0.3) is 10.0 Å². The molecule has 8 heteroatoms. The van der Waals surface area contributed by atoms with Crippen LogP contribution in [-0.2, 0) is 14.8 Å². The Morgan fingerprint density at radius 3 is 2.12 bits per heavy atom. The van der Waals surface area contributed by atoms with Gasteiger partial charge in [0.1, 0.15) is 18.9 Å². The summed E-state index contributed by atoms with van der Waals surface area (Å²) < 4.78 is 33.7. The zero-order valence-electron chi connectivity index (χ0n) is 19.8. The lowest BCUT2D eigenvalue weighted by atomic mass is 10.1. The van der Waals surface area contributed by atoms with Gasteiger partial charge in [0.05, 0.1) is 17.1 Å². The highest BCUT2D eigenvalue weighted by Gasteiger charge is 2.27. The minimum atomic E-state index is -4.00. The predicted octanol–water partition coefficient (Wildman–Crippen LogP) is 4.96. The Kier molecular flexibility index (Phi) is 8.23. The summed E-state index contributed by atoms with van der Waals surface area (Å²) in [6.45, 7) is 8.02. The first-order valence-electron chi connectivity index (χ1n) is 10.9. The van der Waals surface area contributed by atoms with Crippen molar-refractivity contribution in [2.24, 2.45) is 0 Å². The topological polar surface area (TPSA) is 75.7 Å². The zero-order chi connectivity index (χ0) is 24.9. The van der Waals surface area contributed by atoms with Gasteiger partial charge in [-0.15, -0.1) is 0 Å². The van der Waals surface area contributed by atoms with E-state index in [2.05, 4.69) is 5.32 Å². The first-order valence-corrected chi connectivity index (χ1v) is 12.7. The number of ether oxygens (including phenoxy) is 1. The Hall–Kier alpha value is -3.03. The van der Waals surface area contributed by atoms with E-state index < -0.39 is 15.9 Å². The minimum absolute atomic E-state index is 0.0565. The van der Waals surface area contributed by atoms with Gasteiger partial charge in [0.2, 0.25) is 5.91 Å². The van der Waals surface area contributed by atoms with Gasteiger partial charge in [-0.25, -0.2) is 8.42 Å². The number of anilines is 1. The molecule has 0 aromatic heterocycles. The maximum absolute atomic E-state index is 13.4. The third kappa shape index (κ3) is 6.30. The molecule has 180 valence electrons. The zero-order valence-corrected chi connectivity index (χ0v) is 21.3. The van der Waals surface area contributed by atoms with Crippen molar-refractivity contribution in [3.05, 3.63) is 87.9 Å². The third-order valence-corrected chi connectivity index (χ3v) is 7.68. The average Bonchev–Trinajstić information content (AvgIpc) is 2.79. The highest BCUT2D eigenvalue weighted by Crippen LogP contribution is 2.26. The van der Waals surface area contributed by atoms with Gasteiger partial charge in [-0.2, -0.15) is 0 Å². The summed E-state index contributed by atoms with van der Waals surface area (Å²) in [5.74, 6) is 0.291. The molecular formula is C26H29ClN2O4S. The van der Waals surface area contributed by atoms with Crippen LogP contribution in [0.4, 0.5) is 5.69 Å². The van der Waals surface area contributed by atoms with E-state index in [0.717, 1.165) is 26.7 Å². The summed E-state index contributed by atoms with van der Waals surface area (Å²) >= 11 is 5.93. The van der Waals surface area contributed by atoms with Crippen LogP contribution in [0.25, 0.3) is 0 Å². The molecule has 3 aromatic carbocycles. The van der Waals surface area contributed by atoms with Crippen LogP contribution in [0.5, 0.6) is 5.75 Å². The lowest BCUT2D eigenvalue weighted by Gasteiger charge is -2.25. The highest BCUT2D eigenvalue weighted by atomic mass is 35.5. The smallest absolute Gasteiger partial charge is 0.264 e. The van der Waals surface area contributed by atoms with Crippen LogP contribution in [0, 0.1) is 27.7 Å². The van der Waals surface area contributed by atoms with Crippen molar-refractivity contribution in [1.29, 1.82) is 0 Å². The third-order valence-electron chi connectivity index (χ3n) is 5.64. The number of amides is 1. The van der Waals surface area contributed by atoms with Gasteiger partial charge in [-0.05, 0) is 98.5 Å². The number of halogens is 1. The Balaban J connectivity index is 1.73. The molecule has 1 N–H and O–H groups in total. The normalized spacial score (nSPS) is 11.2. The Morgan fingerprint density at radius 1 is 0.882 bits per heavy atom. The van der Waals surface area contributed by atoms with Gasteiger partial charge in [0, 0.05) is 5.02 Å². The Labute approximate surface area is 206 Å². The van der Waals surface area contributed by atoms with E-state index in [9.17, 15) is 13.2 Å². The molecule has 0 radical (unpaired) electrons. The predicted molar refractivity (Wildman–Crippen MR) is 136 cm³/mol. The number of nitrogens with one attached hydrogen (secondary N) is 1. The average molecular weight is 501 g/mol. The lowest BCUT2D eigenvalue weighted by Crippen LogP contribution is -2.42. The number of hydrogen-bond donors (Lipinski definition) is 1. The molecule has 0 atom stereocenters. The van der Waals surface area contributed by atoms with E-state index in [0.29, 0.717) is 10.7 Å². The van der Waals surface area contributed by atoms with Gasteiger partial charge in [0.15, 0.2) is 0 Å². The first kappa shape index (κ1) is 25.6. The number of aryl methyl sites for hydroxylation is 4. The van der Waals surface area contributed by atoms with Crippen LogP contribution < -0.4 is 14.4 Å². The van der Waals surface area contributed by atoms with Gasteiger partial charge in [-0.1, -0.05) is 23.7 Å². The first-order chi connectivity index (χ1) is 16.1. The van der Waals surface area contributed by atoms with Crippen molar-refractivity contribution in [2.75, 3.05) is 24.0 Å². The van der Waals surface area contributed by atoms with Crippen LogP contribution in [-0.4, -0.2) is 34.0 Å². The number of sulfonamides is 1. The number of nitrogens with zero attached hydrogens (tertiary/aromatic N) is 1. The number of rotatable bonds is 9. The summed E-state index contributed by atoms with van der Waals surface area (Å²) in [6.07, 6.45) is 0. The summed E-state index contributed by atoms with van der Waals surface area (Å²) in [5, 5.41) is 3.18. The van der Waals surface area contributed by atoms with Crippen LogP contribution in [0.3, 0.4) is 0 Å². The van der Waals surface area contributed by atoms with E-state index >= 15 is 0 Å². The quantitative estimate of drug-likeness (QED) is 0.421. The molecular weight excluding hydrogens is 472 g/mol. The minimum Gasteiger partial charge on any atom is -0.492 e. The van der Waals surface area contributed by atoms with Gasteiger partial charge in [-0.3, -0.25) is 9.10 Å². The van der Waals surface area contributed by atoms with Crippen molar-refractivity contribution in [1.82, 2.24) is 5.32 Å². The van der Waals surface area contributed by atoms with Crippen LogP contribution >= 0.6 is 11.6 Å². The van der Waals surface area contributed by atoms with Crippen molar-refractivity contribution in [3.63, 3.8) is 0 Å². The van der Waals surface area contributed by atoms with Crippen LogP contribution in [0.2, 0.25) is 5.02 Å². The molecule has 0 spiro atoms. The summed E-state index contributed by atoms with van der Waals surface area (Å²) in [5.41, 5.74) is 4.67. The van der Waals surface area contributed by atoms with Crippen molar-refractivity contribution < 1.29 is 17.9 Å². The van der Waals surface area contributed by atoms with Gasteiger partial charge < -0.3 is 10.1 Å². The molecule has 0 unspecified atom stereocenters. The molecule has 0 saturated heterocycles. The summed E-state index contributed by atoms with van der Waals surface area (Å²) in [6, 6.07) is 17.0. The van der Waals surface area contributed by atoms with Gasteiger partial charge >= 0.3 is 0 Å². The van der Waals surface area contributed by atoms with E-state index in [-0.39, 0.29) is 24.6 Å². The number of carbonyl (C=O) groups is 1. The molecule has 0 aliphatic heterocycles. The van der Waals surface area contributed by atoms with Crippen LogP contribution in [0.1, 0.15) is 22.3 Å². The second-order valence-electron chi connectivity index (χ2n) is 8.18. The second kappa shape index (κ2) is 10.9.